The molecule has 2 heterocycles. The van der Waals surface area contributed by atoms with Crippen LogP contribution in [0.5, 0.6) is 11.5 Å². The molecule has 0 spiro atoms. The van der Waals surface area contributed by atoms with Crippen molar-refractivity contribution >= 4 is 11.6 Å². The molecule has 0 fully saturated rings. The number of hydrogen-bond donors (Lipinski definition) is 1. The number of benzene rings is 1. The summed E-state index contributed by atoms with van der Waals surface area (Å²) in [4.78, 5) is 16.8. The third-order valence-electron chi connectivity index (χ3n) is 5.08. The van der Waals surface area contributed by atoms with Crippen LogP contribution in [-0.4, -0.2) is 55.0 Å². The zero-order valence-electron chi connectivity index (χ0n) is 18.1. The molecule has 0 bridgehead atoms. The smallest absolute Gasteiger partial charge is 0.220 e. The van der Waals surface area contributed by atoms with Gasteiger partial charge in [0.1, 0.15) is 11.5 Å². The molecule has 2 aromatic heterocycles. The summed E-state index contributed by atoms with van der Waals surface area (Å²) in [6.45, 7) is 4.98. The first-order chi connectivity index (χ1) is 14.5. The number of fused-ring (bicyclic) bond motifs is 1. The Hall–Kier alpha value is -3.13. The van der Waals surface area contributed by atoms with Gasteiger partial charge < -0.3 is 19.5 Å². The van der Waals surface area contributed by atoms with E-state index in [-0.39, 0.29) is 5.91 Å². The van der Waals surface area contributed by atoms with Gasteiger partial charge in [0.15, 0.2) is 5.65 Å². The van der Waals surface area contributed by atoms with Gasteiger partial charge in [0, 0.05) is 49.2 Å². The third kappa shape index (κ3) is 4.54. The Bertz CT molecular complexity index is 1050. The molecule has 0 aliphatic heterocycles. The molecule has 0 atom stereocenters. The van der Waals surface area contributed by atoms with E-state index >= 15 is 0 Å². The fraction of sp³-hybridized carbons (Fsp3) is 0.409. The topological polar surface area (TPSA) is 87.0 Å². The summed E-state index contributed by atoms with van der Waals surface area (Å²) in [5, 5.41) is 7.60. The summed E-state index contributed by atoms with van der Waals surface area (Å²) in [7, 11) is 4.85. The van der Waals surface area contributed by atoms with Crippen LogP contribution in [0, 0.1) is 13.8 Å². The van der Waals surface area contributed by atoms with Crippen LogP contribution in [0.15, 0.2) is 24.3 Å². The van der Waals surface area contributed by atoms with Crippen LogP contribution in [-0.2, 0) is 16.0 Å². The molecule has 0 saturated heterocycles. The molecule has 3 rings (SSSR count). The van der Waals surface area contributed by atoms with Gasteiger partial charge in [0.25, 0.3) is 0 Å². The fourth-order valence-electron chi connectivity index (χ4n) is 3.45. The second-order valence-electron chi connectivity index (χ2n) is 6.97. The Morgan fingerprint density at radius 1 is 1.13 bits per heavy atom. The number of nitrogens with zero attached hydrogens (tertiary/aromatic N) is 3. The standard InChI is InChI=1S/C22H28N4O4/c1-14-17(8-9-22(27)23-10-11-28-3)15(2)26-21(24-14)13-19(25-26)18-7-6-16(29-4)12-20(18)30-5/h6-7,12-13H,8-11H2,1-5H3,(H,23,27). The van der Waals surface area contributed by atoms with Gasteiger partial charge in [-0.05, 0) is 38.0 Å². The lowest BCUT2D eigenvalue weighted by Gasteiger charge is -2.11. The summed E-state index contributed by atoms with van der Waals surface area (Å²) in [6.07, 6.45) is 0.986. The molecule has 30 heavy (non-hydrogen) atoms. The number of rotatable bonds is 9. The highest BCUT2D eigenvalue weighted by molar-refractivity contribution is 5.76. The van der Waals surface area contributed by atoms with Crippen molar-refractivity contribution in [3.63, 3.8) is 0 Å². The van der Waals surface area contributed by atoms with Gasteiger partial charge in [-0.1, -0.05) is 0 Å². The normalized spacial score (nSPS) is 11.0. The Morgan fingerprint density at radius 2 is 1.93 bits per heavy atom. The predicted octanol–water partition coefficient (Wildman–Crippen LogP) is 2.73. The van der Waals surface area contributed by atoms with E-state index in [2.05, 4.69) is 5.32 Å². The monoisotopic (exact) mass is 412 g/mol. The van der Waals surface area contributed by atoms with Crippen molar-refractivity contribution in [2.75, 3.05) is 34.5 Å². The van der Waals surface area contributed by atoms with E-state index < -0.39 is 0 Å². The zero-order chi connectivity index (χ0) is 21.7. The number of carbonyl (C=O) groups excluding carboxylic acids is 1. The van der Waals surface area contributed by atoms with Crippen LogP contribution >= 0.6 is 0 Å². The van der Waals surface area contributed by atoms with E-state index in [1.165, 1.54) is 0 Å². The molecular formula is C22H28N4O4. The predicted molar refractivity (Wildman–Crippen MR) is 114 cm³/mol. The van der Waals surface area contributed by atoms with Crippen molar-refractivity contribution in [1.29, 1.82) is 0 Å². The number of methoxy groups -OCH3 is 3. The van der Waals surface area contributed by atoms with Crippen molar-refractivity contribution in [2.45, 2.75) is 26.7 Å². The number of carbonyl (C=O) groups is 1. The maximum absolute atomic E-state index is 12.1. The second-order valence-corrected chi connectivity index (χ2v) is 6.97. The summed E-state index contributed by atoms with van der Waals surface area (Å²) in [5.41, 5.74) is 5.28. The maximum Gasteiger partial charge on any atom is 0.220 e. The van der Waals surface area contributed by atoms with E-state index in [1.807, 2.05) is 42.6 Å². The van der Waals surface area contributed by atoms with Crippen molar-refractivity contribution in [3.8, 4) is 22.8 Å². The van der Waals surface area contributed by atoms with E-state index in [0.717, 1.165) is 39.6 Å². The van der Waals surface area contributed by atoms with E-state index in [9.17, 15) is 4.79 Å². The molecule has 0 aliphatic carbocycles. The van der Waals surface area contributed by atoms with Crippen LogP contribution in [0.25, 0.3) is 16.9 Å². The summed E-state index contributed by atoms with van der Waals surface area (Å²) < 4.78 is 17.6. The first-order valence-electron chi connectivity index (χ1n) is 9.82. The van der Waals surface area contributed by atoms with Crippen LogP contribution < -0.4 is 14.8 Å². The van der Waals surface area contributed by atoms with Crippen molar-refractivity contribution in [3.05, 3.63) is 41.2 Å². The van der Waals surface area contributed by atoms with Crippen molar-refractivity contribution in [1.82, 2.24) is 19.9 Å². The Kier molecular flexibility index (Phi) is 6.89. The molecule has 0 unspecified atom stereocenters. The van der Waals surface area contributed by atoms with Gasteiger partial charge in [-0.3, -0.25) is 4.79 Å². The largest absolute Gasteiger partial charge is 0.497 e. The number of aryl methyl sites for hydroxylation is 2. The Labute approximate surface area is 176 Å². The lowest BCUT2D eigenvalue weighted by Crippen LogP contribution is -2.27. The highest BCUT2D eigenvalue weighted by Crippen LogP contribution is 2.33. The van der Waals surface area contributed by atoms with Crippen LogP contribution in [0.4, 0.5) is 0 Å². The van der Waals surface area contributed by atoms with Gasteiger partial charge in [0.05, 0.1) is 26.5 Å². The van der Waals surface area contributed by atoms with Gasteiger partial charge in [-0.25, -0.2) is 9.50 Å². The maximum atomic E-state index is 12.1. The Morgan fingerprint density at radius 3 is 2.63 bits per heavy atom. The molecule has 3 aromatic rings. The first kappa shape index (κ1) is 21.6. The summed E-state index contributed by atoms with van der Waals surface area (Å²) in [5.74, 6) is 1.39. The number of nitrogens with one attached hydrogen (secondary N) is 1. The van der Waals surface area contributed by atoms with Gasteiger partial charge in [-0.2, -0.15) is 5.10 Å². The van der Waals surface area contributed by atoms with Gasteiger partial charge in [-0.15, -0.1) is 0 Å². The minimum Gasteiger partial charge on any atom is -0.497 e. The van der Waals surface area contributed by atoms with Crippen LogP contribution in [0.3, 0.4) is 0 Å². The summed E-state index contributed by atoms with van der Waals surface area (Å²) in [6, 6.07) is 7.57. The minimum absolute atomic E-state index is 0.00456. The van der Waals surface area contributed by atoms with Crippen LogP contribution in [0.2, 0.25) is 0 Å². The highest BCUT2D eigenvalue weighted by Gasteiger charge is 2.16. The number of ether oxygens (including phenoxy) is 3. The SMILES string of the molecule is COCCNC(=O)CCc1c(C)nc2cc(-c3ccc(OC)cc3OC)nn2c1C. The second kappa shape index (κ2) is 9.58. The quantitative estimate of drug-likeness (QED) is 0.544. The van der Waals surface area contributed by atoms with Gasteiger partial charge in [0.2, 0.25) is 5.91 Å². The molecule has 1 amide bonds. The lowest BCUT2D eigenvalue weighted by molar-refractivity contribution is -0.121. The molecule has 160 valence electrons. The van der Waals surface area contributed by atoms with Crippen molar-refractivity contribution < 1.29 is 19.0 Å². The van der Waals surface area contributed by atoms with E-state index in [4.69, 9.17) is 24.3 Å². The molecule has 0 saturated carbocycles. The van der Waals surface area contributed by atoms with E-state index in [0.29, 0.717) is 31.7 Å². The molecular weight excluding hydrogens is 384 g/mol. The molecule has 8 heteroatoms. The molecule has 0 aliphatic rings. The number of hydrogen-bond acceptors (Lipinski definition) is 6. The van der Waals surface area contributed by atoms with Gasteiger partial charge >= 0.3 is 0 Å². The van der Waals surface area contributed by atoms with E-state index in [1.54, 1.807) is 21.3 Å². The van der Waals surface area contributed by atoms with Crippen molar-refractivity contribution in [2.24, 2.45) is 0 Å². The minimum atomic E-state index is -0.00456. The third-order valence-corrected chi connectivity index (χ3v) is 5.08. The number of aromatic nitrogens is 3. The first-order valence-corrected chi connectivity index (χ1v) is 9.82. The number of amides is 1. The molecule has 1 aromatic carbocycles. The molecule has 1 N–H and O–H groups in total. The average molecular weight is 412 g/mol. The van der Waals surface area contributed by atoms with Crippen LogP contribution in [0.1, 0.15) is 23.4 Å². The average Bonchev–Trinajstić information content (AvgIpc) is 3.17. The highest BCUT2D eigenvalue weighted by atomic mass is 16.5. The summed E-state index contributed by atoms with van der Waals surface area (Å²) >= 11 is 0. The lowest BCUT2D eigenvalue weighted by atomic mass is 10.1. The fourth-order valence-corrected chi connectivity index (χ4v) is 3.45. The zero-order valence-corrected chi connectivity index (χ0v) is 18.1. The molecule has 8 nitrogen and oxygen atoms in total. The Balaban J connectivity index is 1.89. The molecule has 0 radical (unpaired) electrons.